The van der Waals surface area contributed by atoms with Crippen molar-refractivity contribution in [3.05, 3.63) is 48.0 Å². The van der Waals surface area contributed by atoms with E-state index in [-0.39, 0.29) is 23.5 Å². The van der Waals surface area contributed by atoms with Gasteiger partial charge in [-0.25, -0.2) is 0 Å². The molecule has 162 valence electrons. The Bertz CT molecular complexity index is 865. The second-order valence-electron chi connectivity index (χ2n) is 9.15. The van der Waals surface area contributed by atoms with Crippen molar-refractivity contribution in [2.45, 2.75) is 58.3 Å². The van der Waals surface area contributed by atoms with Gasteiger partial charge in [-0.05, 0) is 68.1 Å². The molecule has 0 aliphatic carbocycles. The number of fused-ring (bicyclic) bond motifs is 1. The number of likely N-dealkylation sites (tertiary alicyclic amines) is 1. The first kappa shape index (κ1) is 22.5. The summed E-state index contributed by atoms with van der Waals surface area (Å²) in [6.07, 6.45) is 4.82. The van der Waals surface area contributed by atoms with E-state index in [0.717, 1.165) is 13.0 Å². The third-order valence-corrected chi connectivity index (χ3v) is 6.76. The van der Waals surface area contributed by atoms with Crippen LogP contribution in [-0.4, -0.2) is 42.8 Å². The summed E-state index contributed by atoms with van der Waals surface area (Å²) < 4.78 is 0. The van der Waals surface area contributed by atoms with E-state index in [0.29, 0.717) is 12.5 Å². The monoisotopic (exact) mass is 408 g/mol. The van der Waals surface area contributed by atoms with E-state index in [4.69, 9.17) is 0 Å². The van der Waals surface area contributed by atoms with E-state index in [9.17, 15) is 9.59 Å². The van der Waals surface area contributed by atoms with Crippen LogP contribution >= 0.6 is 0 Å². The number of nitrogens with zero attached hydrogens (tertiary/aromatic N) is 1. The number of piperidine rings is 1. The Hall–Kier alpha value is -2.20. The van der Waals surface area contributed by atoms with Crippen molar-refractivity contribution in [3.63, 3.8) is 0 Å². The van der Waals surface area contributed by atoms with E-state index >= 15 is 0 Å². The zero-order chi connectivity index (χ0) is 21.6. The first-order valence-corrected chi connectivity index (χ1v) is 11.4. The summed E-state index contributed by atoms with van der Waals surface area (Å²) in [5.41, 5.74) is 1.11. The van der Waals surface area contributed by atoms with Crippen LogP contribution in [0.1, 0.15) is 58.4 Å². The maximum Gasteiger partial charge on any atom is 0.227 e. The number of carbonyl (C=O) groups is 2. The number of hydrogen-bond acceptors (Lipinski definition) is 3. The van der Waals surface area contributed by atoms with Gasteiger partial charge < -0.3 is 10.2 Å². The molecule has 3 rings (SSSR count). The van der Waals surface area contributed by atoms with E-state index in [1.54, 1.807) is 0 Å². The van der Waals surface area contributed by atoms with Crippen LogP contribution in [0.15, 0.2) is 42.5 Å². The maximum absolute atomic E-state index is 12.4. The summed E-state index contributed by atoms with van der Waals surface area (Å²) in [6, 6.07) is 15.0. The number of hydrogen-bond donors (Lipinski definition) is 1. The van der Waals surface area contributed by atoms with Crippen molar-refractivity contribution in [1.29, 1.82) is 0 Å². The van der Waals surface area contributed by atoms with Crippen molar-refractivity contribution in [1.82, 2.24) is 10.2 Å². The lowest BCUT2D eigenvalue weighted by molar-refractivity contribution is -0.127. The SMILES string of the molecule is CC(=O)CC(=O)NCC(CCN1CCCCC1)(c1cccc2ccccc12)C(C)C. The fourth-order valence-corrected chi connectivity index (χ4v) is 4.87. The minimum Gasteiger partial charge on any atom is -0.355 e. The molecule has 0 saturated carbocycles. The maximum atomic E-state index is 12.4. The largest absolute Gasteiger partial charge is 0.355 e. The number of rotatable bonds is 9. The molecule has 4 nitrogen and oxygen atoms in total. The van der Waals surface area contributed by atoms with Gasteiger partial charge in [0.2, 0.25) is 5.91 Å². The second-order valence-corrected chi connectivity index (χ2v) is 9.15. The van der Waals surface area contributed by atoms with Crippen LogP contribution in [0.5, 0.6) is 0 Å². The highest BCUT2D eigenvalue weighted by molar-refractivity contribution is 5.96. The predicted molar refractivity (Wildman–Crippen MR) is 124 cm³/mol. The van der Waals surface area contributed by atoms with Gasteiger partial charge in [0.1, 0.15) is 5.78 Å². The number of Topliss-reactive ketones (excluding diaryl/α,β-unsaturated/α-hetero) is 1. The zero-order valence-electron chi connectivity index (χ0n) is 18.7. The third-order valence-electron chi connectivity index (χ3n) is 6.76. The van der Waals surface area contributed by atoms with Gasteiger partial charge in [-0.15, -0.1) is 0 Å². The summed E-state index contributed by atoms with van der Waals surface area (Å²) in [5.74, 6) is 0.0672. The molecular weight excluding hydrogens is 372 g/mol. The summed E-state index contributed by atoms with van der Waals surface area (Å²) in [7, 11) is 0. The molecule has 0 radical (unpaired) electrons. The molecule has 0 bridgehead atoms. The lowest BCUT2D eigenvalue weighted by atomic mass is 9.67. The molecule has 1 atom stereocenters. The summed E-state index contributed by atoms with van der Waals surface area (Å²) in [5, 5.41) is 5.60. The van der Waals surface area contributed by atoms with Gasteiger partial charge >= 0.3 is 0 Å². The smallest absolute Gasteiger partial charge is 0.227 e. The topological polar surface area (TPSA) is 49.4 Å². The molecule has 0 aromatic heterocycles. The lowest BCUT2D eigenvalue weighted by Crippen LogP contribution is -2.47. The van der Waals surface area contributed by atoms with E-state index in [1.165, 1.54) is 55.6 Å². The van der Waals surface area contributed by atoms with Gasteiger partial charge in [0, 0.05) is 12.0 Å². The molecule has 0 spiro atoms. The number of nitrogens with one attached hydrogen (secondary N) is 1. The minimum atomic E-state index is -0.190. The lowest BCUT2D eigenvalue weighted by Gasteiger charge is -2.41. The van der Waals surface area contributed by atoms with Crippen LogP contribution in [0.4, 0.5) is 0 Å². The molecule has 2 aromatic rings. The van der Waals surface area contributed by atoms with Crippen LogP contribution in [0.2, 0.25) is 0 Å². The van der Waals surface area contributed by atoms with Crippen LogP contribution in [0.25, 0.3) is 10.8 Å². The van der Waals surface area contributed by atoms with Crippen molar-refractivity contribution >= 4 is 22.5 Å². The highest BCUT2D eigenvalue weighted by Crippen LogP contribution is 2.39. The Balaban J connectivity index is 1.96. The fraction of sp³-hybridized carbons (Fsp3) is 0.538. The quantitative estimate of drug-likeness (QED) is 0.612. The zero-order valence-corrected chi connectivity index (χ0v) is 18.7. The molecule has 1 amide bonds. The summed E-state index contributed by atoms with van der Waals surface area (Å²) in [4.78, 5) is 26.4. The molecule has 30 heavy (non-hydrogen) atoms. The normalized spacial score (nSPS) is 17.1. The summed E-state index contributed by atoms with van der Waals surface area (Å²) >= 11 is 0. The average Bonchev–Trinajstić information content (AvgIpc) is 2.74. The Morgan fingerprint density at radius 1 is 1.03 bits per heavy atom. The highest BCUT2D eigenvalue weighted by atomic mass is 16.2. The Labute approximate surface area is 181 Å². The predicted octanol–water partition coefficient (Wildman–Crippen LogP) is 4.70. The summed E-state index contributed by atoms with van der Waals surface area (Å²) in [6.45, 7) is 9.91. The van der Waals surface area contributed by atoms with Crippen LogP contribution in [0.3, 0.4) is 0 Å². The minimum absolute atomic E-state index is 0.0458. The first-order valence-electron chi connectivity index (χ1n) is 11.4. The fourth-order valence-electron chi connectivity index (χ4n) is 4.87. The van der Waals surface area contributed by atoms with Gasteiger partial charge in [0.05, 0.1) is 6.42 Å². The molecule has 1 N–H and O–H groups in total. The molecule has 1 fully saturated rings. The van der Waals surface area contributed by atoms with Crippen LogP contribution in [-0.2, 0) is 15.0 Å². The number of carbonyl (C=O) groups excluding carboxylic acids is 2. The molecule has 1 aliphatic heterocycles. The van der Waals surface area contributed by atoms with Crippen LogP contribution < -0.4 is 5.32 Å². The van der Waals surface area contributed by atoms with Crippen molar-refractivity contribution in [3.8, 4) is 0 Å². The van der Waals surface area contributed by atoms with Gasteiger partial charge in [0.15, 0.2) is 0 Å². The molecule has 4 heteroatoms. The third kappa shape index (κ3) is 5.28. The van der Waals surface area contributed by atoms with Crippen molar-refractivity contribution in [2.24, 2.45) is 5.92 Å². The molecule has 2 aromatic carbocycles. The van der Waals surface area contributed by atoms with Crippen molar-refractivity contribution in [2.75, 3.05) is 26.2 Å². The number of ketones is 1. The van der Waals surface area contributed by atoms with Gasteiger partial charge in [-0.1, -0.05) is 62.7 Å². The van der Waals surface area contributed by atoms with Crippen LogP contribution in [0, 0.1) is 5.92 Å². The average molecular weight is 409 g/mol. The van der Waals surface area contributed by atoms with Gasteiger partial charge in [-0.2, -0.15) is 0 Å². The molecule has 1 unspecified atom stereocenters. The van der Waals surface area contributed by atoms with Crippen molar-refractivity contribution < 1.29 is 9.59 Å². The Morgan fingerprint density at radius 3 is 2.43 bits per heavy atom. The molecule has 1 aliphatic rings. The molecule has 1 heterocycles. The van der Waals surface area contributed by atoms with E-state index in [1.807, 2.05) is 0 Å². The number of amides is 1. The molecule has 1 saturated heterocycles. The van der Waals surface area contributed by atoms with E-state index in [2.05, 4.69) is 66.5 Å². The number of benzene rings is 2. The Kier molecular flexibility index (Phi) is 7.65. The standard InChI is InChI=1S/C26H36N2O2/c1-20(2)26(19-27-25(30)18-21(3)29,14-17-28-15-7-4-8-16-28)24-13-9-11-22-10-5-6-12-23(22)24/h5-6,9-13,20H,4,7-8,14-19H2,1-3H3,(H,27,30). The Morgan fingerprint density at radius 2 is 1.73 bits per heavy atom. The van der Waals surface area contributed by atoms with Gasteiger partial charge in [0.25, 0.3) is 0 Å². The molecular formula is C26H36N2O2. The second kappa shape index (κ2) is 10.2. The van der Waals surface area contributed by atoms with Gasteiger partial charge in [-0.3, -0.25) is 9.59 Å². The first-order chi connectivity index (χ1) is 14.4. The highest BCUT2D eigenvalue weighted by Gasteiger charge is 2.37. The van der Waals surface area contributed by atoms with E-state index < -0.39 is 0 Å².